The number of ketones is 1. The Morgan fingerprint density at radius 2 is 1.60 bits per heavy atom. The number of benzene rings is 2. The Balaban J connectivity index is 1.77. The molecule has 2 heterocycles. The highest BCUT2D eigenvalue weighted by Gasteiger charge is 2.48. The van der Waals surface area contributed by atoms with Gasteiger partial charge in [0.25, 0.3) is 5.78 Å². The molecule has 1 amide bonds. The lowest BCUT2D eigenvalue weighted by Crippen LogP contribution is -2.29. The van der Waals surface area contributed by atoms with Crippen LogP contribution in [0.1, 0.15) is 79.5 Å². The van der Waals surface area contributed by atoms with Crippen LogP contribution in [0.4, 0.5) is 5.13 Å². The maximum absolute atomic E-state index is 13.6. The molecule has 43 heavy (non-hydrogen) atoms. The van der Waals surface area contributed by atoms with Crippen molar-refractivity contribution >= 4 is 39.9 Å². The molecule has 0 spiro atoms. The first-order chi connectivity index (χ1) is 20.7. The molecule has 1 aromatic heterocycles. The van der Waals surface area contributed by atoms with E-state index in [0.717, 1.165) is 30.6 Å². The van der Waals surface area contributed by atoms with Crippen molar-refractivity contribution in [3.05, 3.63) is 75.8 Å². The molecule has 1 unspecified atom stereocenters. The molecule has 0 bridgehead atoms. The standard InChI is InChI=1S/C33H38N2O7S/c1-6-8-18-41-25-15-11-23(12-16-25)28(36)26-27(22-9-13-24(14-10-22)40-17-7-2)35(31(38)29(26)37)33-34-21(5)30(43-33)32(39)42-19-20(3)4/h9-16,20,27,36H,6-8,17-19H2,1-5H3/b28-26-. The summed E-state index contributed by atoms with van der Waals surface area (Å²) in [6.07, 6.45) is 2.76. The van der Waals surface area contributed by atoms with Crippen molar-refractivity contribution in [2.45, 2.75) is 59.9 Å². The van der Waals surface area contributed by atoms with Crippen LogP contribution in [0.3, 0.4) is 0 Å². The van der Waals surface area contributed by atoms with Crippen molar-refractivity contribution < 1.29 is 33.7 Å². The van der Waals surface area contributed by atoms with E-state index in [2.05, 4.69) is 11.9 Å². The van der Waals surface area contributed by atoms with E-state index in [-0.39, 0.29) is 33.9 Å². The summed E-state index contributed by atoms with van der Waals surface area (Å²) in [5.41, 5.74) is 1.24. The van der Waals surface area contributed by atoms with Crippen LogP contribution in [0.15, 0.2) is 54.1 Å². The Hall–Kier alpha value is -4.18. The van der Waals surface area contributed by atoms with Crippen molar-refractivity contribution in [3.63, 3.8) is 0 Å². The molecule has 1 atom stereocenters. The Kier molecular flexibility index (Phi) is 10.6. The first kappa shape index (κ1) is 31.7. The molecule has 2 aromatic carbocycles. The molecule has 1 fully saturated rings. The molecule has 1 saturated heterocycles. The molecule has 9 nitrogen and oxygen atoms in total. The van der Waals surface area contributed by atoms with Gasteiger partial charge in [0, 0.05) is 5.56 Å². The molecular weight excluding hydrogens is 568 g/mol. The summed E-state index contributed by atoms with van der Waals surface area (Å²) in [5, 5.41) is 11.6. The molecular formula is C33H38N2O7S. The van der Waals surface area contributed by atoms with Gasteiger partial charge < -0.3 is 19.3 Å². The van der Waals surface area contributed by atoms with E-state index in [0.29, 0.717) is 41.5 Å². The van der Waals surface area contributed by atoms with Gasteiger partial charge in [0.15, 0.2) is 5.13 Å². The minimum atomic E-state index is -0.995. The van der Waals surface area contributed by atoms with Gasteiger partial charge >= 0.3 is 11.9 Å². The van der Waals surface area contributed by atoms with Gasteiger partial charge in [-0.3, -0.25) is 14.5 Å². The van der Waals surface area contributed by atoms with Crippen molar-refractivity contribution in [2.75, 3.05) is 24.7 Å². The van der Waals surface area contributed by atoms with Crippen molar-refractivity contribution in [1.29, 1.82) is 0 Å². The molecule has 1 N–H and O–H groups in total. The van der Waals surface area contributed by atoms with Gasteiger partial charge in [-0.1, -0.05) is 57.6 Å². The van der Waals surface area contributed by atoms with Gasteiger partial charge in [0.1, 0.15) is 22.1 Å². The molecule has 3 aromatic rings. The number of aryl methyl sites for hydroxylation is 1. The number of rotatable bonds is 13. The number of esters is 1. The fraction of sp³-hybridized carbons (Fsp3) is 0.394. The zero-order valence-corrected chi connectivity index (χ0v) is 26.0. The molecule has 0 radical (unpaired) electrons. The lowest BCUT2D eigenvalue weighted by Gasteiger charge is -2.23. The van der Waals surface area contributed by atoms with E-state index in [1.165, 1.54) is 4.90 Å². The summed E-state index contributed by atoms with van der Waals surface area (Å²) < 4.78 is 16.8. The summed E-state index contributed by atoms with van der Waals surface area (Å²) in [7, 11) is 0. The van der Waals surface area contributed by atoms with E-state index in [1.807, 2.05) is 20.8 Å². The zero-order chi connectivity index (χ0) is 31.1. The molecule has 10 heteroatoms. The maximum atomic E-state index is 13.6. The molecule has 1 aliphatic rings. The first-order valence-electron chi connectivity index (χ1n) is 14.6. The third-order valence-corrected chi connectivity index (χ3v) is 7.87. The second kappa shape index (κ2) is 14.3. The van der Waals surface area contributed by atoms with Crippen LogP contribution in [0.5, 0.6) is 11.5 Å². The van der Waals surface area contributed by atoms with Crippen LogP contribution in [0.25, 0.3) is 5.76 Å². The van der Waals surface area contributed by atoms with Crippen molar-refractivity contribution in [1.82, 2.24) is 4.98 Å². The van der Waals surface area contributed by atoms with E-state index in [9.17, 15) is 19.5 Å². The topological polar surface area (TPSA) is 115 Å². The first-order valence-corrected chi connectivity index (χ1v) is 15.4. The highest BCUT2D eigenvalue weighted by atomic mass is 32.1. The Morgan fingerprint density at radius 1 is 0.977 bits per heavy atom. The van der Waals surface area contributed by atoms with E-state index in [4.69, 9.17) is 14.2 Å². The minimum Gasteiger partial charge on any atom is -0.507 e. The number of aliphatic hydroxyl groups excluding tert-OH is 1. The molecule has 228 valence electrons. The smallest absolute Gasteiger partial charge is 0.350 e. The van der Waals surface area contributed by atoms with Crippen LogP contribution in [0, 0.1) is 12.8 Å². The summed E-state index contributed by atoms with van der Waals surface area (Å²) in [6, 6.07) is 12.8. The number of amides is 1. The van der Waals surface area contributed by atoms with Crippen molar-refractivity contribution in [2.24, 2.45) is 5.92 Å². The van der Waals surface area contributed by atoms with Crippen LogP contribution < -0.4 is 14.4 Å². The highest BCUT2D eigenvalue weighted by molar-refractivity contribution is 7.17. The Labute approximate surface area is 256 Å². The maximum Gasteiger partial charge on any atom is 0.350 e. The zero-order valence-electron chi connectivity index (χ0n) is 25.2. The highest BCUT2D eigenvalue weighted by Crippen LogP contribution is 2.44. The number of thiazole rings is 1. The number of anilines is 1. The third kappa shape index (κ3) is 7.25. The van der Waals surface area contributed by atoms with E-state index >= 15 is 0 Å². The number of hydrogen-bond acceptors (Lipinski definition) is 9. The number of Topliss-reactive ketones (excluding diaryl/α,β-unsaturated/α-hetero) is 1. The Bertz CT molecular complexity index is 1480. The molecule has 0 saturated carbocycles. The second-order valence-corrected chi connectivity index (χ2v) is 11.7. The van der Waals surface area contributed by atoms with Crippen molar-refractivity contribution in [3.8, 4) is 11.5 Å². The number of aromatic nitrogens is 1. The predicted molar refractivity (Wildman–Crippen MR) is 166 cm³/mol. The van der Waals surface area contributed by atoms with Crippen LogP contribution in [-0.2, 0) is 14.3 Å². The van der Waals surface area contributed by atoms with Crippen LogP contribution in [0.2, 0.25) is 0 Å². The van der Waals surface area contributed by atoms with Crippen LogP contribution in [-0.4, -0.2) is 47.6 Å². The van der Waals surface area contributed by atoms with Gasteiger partial charge in [-0.15, -0.1) is 0 Å². The van der Waals surface area contributed by atoms with Gasteiger partial charge in [-0.25, -0.2) is 9.78 Å². The second-order valence-electron chi connectivity index (χ2n) is 10.7. The lowest BCUT2D eigenvalue weighted by atomic mass is 9.95. The Morgan fingerprint density at radius 3 is 2.21 bits per heavy atom. The number of unbranched alkanes of at least 4 members (excludes halogenated alkanes) is 1. The number of aliphatic hydroxyl groups is 1. The van der Waals surface area contributed by atoms with E-state index in [1.54, 1.807) is 55.5 Å². The van der Waals surface area contributed by atoms with E-state index < -0.39 is 23.7 Å². The molecule has 1 aliphatic heterocycles. The van der Waals surface area contributed by atoms with Gasteiger partial charge in [0.2, 0.25) is 0 Å². The average Bonchev–Trinajstić information content (AvgIpc) is 3.51. The summed E-state index contributed by atoms with van der Waals surface area (Å²) in [5.74, 6) is -1.14. The molecule has 4 rings (SSSR count). The average molecular weight is 607 g/mol. The van der Waals surface area contributed by atoms with Crippen LogP contribution >= 0.6 is 11.3 Å². The normalized spacial score (nSPS) is 16.1. The fourth-order valence-corrected chi connectivity index (χ4v) is 5.48. The fourth-order valence-electron chi connectivity index (χ4n) is 4.49. The monoisotopic (exact) mass is 606 g/mol. The SMILES string of the molecule is CCCCOc1ccc(/C(O)=C2/C(=O)C(=O)N(c3nc(C)c(C(=O)OCC(C)C)s3)C2c2ccc(OCCC)cc2)cc1. The number of hydrogen-bond donors (Lipinski definition) is 1. The number of nitrogens with zero attached hydrogens (tertiary/aromatic N) is 2. The van der Waals surface area contributed by atoms with Gasteiger partial charge in [0.05, 0.1) is 37.1 Å². The predicted octanol–water partition coefficient (Wildman–Crippen LogP) is 6.86. The summed E-state index contributed by atoms with van der Waals surface area (Å²) >= 11 is 0.978. The largest absolute Gasteiger partial charge is 0.507 e. The minimum absolute atomic E-state index is 0.0799. The summed E-state index contributed by atoms with van der Waals surface area (Å²) in [4.78, 5) is 45.9. The summed E-state index contributed by atoms with van der Waals surface area (Å²) in [6.45, 7) is 11.0. The van der Waals surface area contributed by atoms with Gasteiger partial charge in [-0.05, 0) is 67.6 Å². The number of ether oxygens (including phenoxy) is 3. The third-order valence-electron chi connectivity index (χ3n) is 6.73. The number of carbonyl (C=O) groups excluding carboxylic acids is 3. The number of carbonyl (C=O) groups is 3. The lowest BCUT2D eigenvalue weighted by molar-refractivity contribution is -0.132. The molecule has 0 aliphatic carbocycles. The quantitative estimate of drug-likeness (QED) is 0.0738. The van der Waals surface area contributed by atoms with Gasteiger partial charge in [-0.2, -0.15) is 0 Å².